The monoisotopic (exact) mass is 540 g/mol. The number of rotatable bonds is 8. The second-order valence-electron chi connectivity index (χ2n) is 10.3. The Hall–Kier alpha value is -4.46. The van der Waals surface area contributed by atoms with E-state index in [4.69, 9.17) is 0 Å². The number of nitrogens with zero attached hydrogens (tertiary/aromatic N) is 2. The summed E-state index contributed by atoms with van der Waals surface area (Å²) < 4.78 is 0. The summed E-state index contributed by atoms with van der Waals surface area (Å²) in [6.45, 7) is 6.23. The SMILES string of the molecule is CC(=O)Nc1ccc(C(=O)N(Cc2ccccc2C)C2(C(=O)NCc3ccccc3)CCN(C(C)=O)CC2)cc1. The van der Waals surface area contributed by atoms with E-state index < -0.39 is 5.54 Å². The van der Waals surface area contributed by atoms with Crippen molar-refractivity contribution < 1.29 is 19.2 Å². The topological polar surface area (TPSA) is 98.8 Å². The van der Waals surface area contributed by atoms with E-state index in [1.54, 1.807) is 34.1 Å². The number of nitrogens with one attached hydrogen (secondary N) is 2. The van der Waals surface area contributed by atoms with Crippen LogP contribution in [0.15, 0.2) is 78.9 Å². The molecule has 0 aliphatic carbocycles. The van der Waals surface area contributed by atoms with Crippen molar-refractivity contribution in [1.29, 1.82) is 0 Å². The fourth-order valence-electron chi connectivity index (χ4n) is 5.18. The second-order valence-corrected chi connectivity index (χ2v) is 10.3. The first-order chi connectivity index (χ1) is 19.2. The van der Waals surface area contributed by atoms with Gasteiger partial charge in [0.2, 0.25) is 17.7 Å². The molecule has 0 spiro atoms. The van der Waals surface area contributed by atoms with E-state index in [9.17, 15) is 19.2 Å². The zero-order chi connectivity index (χ0) is 28.7. The maximum absolute atomic E-state index is 14.3. The van der Waals surface area contributed by atoms with E-state index in [1.807, 2.05) is 61.5 Å². The second kappa shape index (κ2) is 12.6. The summed E-state index contributed by atoms with van der Waals surface area (Å²) in [7, 11) is 0. The van der Waals surface area contributed by atoms with E-state index in [2.05, 4.69) is 10.6 Å². The highest BCUT2D eigenvalue weighted by molar-refractivity contribution is 6.00. The van der Waals surface area contributed by atoms with Crippen LogP contribution in [0, 0.1) is 6.92 Å². The Morgan fingerprint density at radius 3 is 2.08 bits per heavy atom. The molecule has 40 heavy (non-hydrogen) atoms. The van der Waals surface area contributed by atoms with Gasteiger partial charge in [0.05, 0.1) is 0 Å². The number of aryl methyl sites for hydroxylation is 1. The Labute approximate surface area is 235 Å². The number of likely N-dealkylation sites (tertiary alicyclic amines) is 1. The third kappa shape index (κ3) is 6.57. The van der Waals surface area contributed by atoms with Gasteiger partial charge in [0.25, 0.3) is 5.91 Å². The fourth-order valence-corrected chi connectivity index (χ4v) is 5.18. The number of hydrogen-bond donors (Lipinski definition) is 2. The van der Waals surface area contributed by atoms with Gasteiger partial charge in [0.1, 0.15) is 5.54 Å². The van der Waals surface area contributed by atoms with E-state index >= 15 is 0 Å². The quantitative estimate of drug-likeness (QED) is 0.445. The molecule has 0 atom stereocenters. The van der Waals surface area contributed by atoms with Crippen LogP contribution in [0.4, 0.5) is 5.69 Å². The Balaban J connectivity index is 1.73. The molecule has 1 aliphatic heterocycles. The molecule has 4 amide bonds. The van der Waals surface area contributed by atoms with Gasteiger partial charge in [0, 0.05) is 51.3 Å². The van der Waals surface area contributed by atoms with Crippen LogP contribution in [0.3, 0.4) is 0 Å². The Bertz CT molecular complexity index is 1360. The lowest BCUT2D eigenvalue weighted by atomic mass is 9.83. The largest absolute Gasteiger partial charge is 0.350 e. The highest BCUT2D eigenvalue weighted by atomic mass is 16.2. The van der Waals surface area contributed by atoms with Gasteiger partial charge in [-0.3, -0.25) is 19.2 Å². The van der Waals surface area contributed by atoms with Crippen LogP contribution in [0.2, 0.25) is 0 Å². The summed E-state index contributed by atoms with van der Waals surface area (Å²) in [6, 6.07) is 24.2. The van der Waals surface area contributed by atoms with Crippen LogP contribution in [0.1, 0.15) is 53.7 Å². The number of piperidine rings is 1. The predicted octanol–water partition coefficient (Wildman–Crippen LogP) is 4.29. The molecule has 3 aromatic carbocycles. The highest BCUT2D eigenvalue weighted by Gasteiger charge is 2.49. The number of amides is 4. The van der Waals surface area contributed by atoms with Gasteiger partial charge in [-0.25, -0.2) is 0 Å². The minimum Gasteiger partial charge on any atom is -0.350 e. The molecule has 0 bridgehead atoms. The van der Waals surface area contributed by atoms with E-state index in [0.29, 0.717) is 43.7 Å². The summed E-state index contributed by atoms with van der Waals surface area (Å²) >= 11 is 0. The van der Waals surface area contributed by atoms with Crippen LogP contribution in [-0.2, 0) is 27.5 Å². The summed E-state index contributed by atoms with van der Waals surface area (Å²) in [6.07, 6.45) is 0.629. The number of benzene rings is 3. The first-order valence-corrected chi connectivity index (χ1v) is 13.5. The van der Waals surface area contributed by atoms with Gasteiger partial charge in [-0.1, -0.05) is 54.6 Å². The Morgan fingerprint density at radius 2 is 1.48 bits per heavy atom. The molecule has 0 saturated carbocycles. The van der Waals surface area contributed by atoms with Gasteiger partial charge >= 0.3 is 0 Å². The molecule has 8 nitrogen and oxygen atoms in total. The van der Waals surface area contributed by atoms with Gasteiger partial charge in [0.15, 0.2) is 0 Å². The summed E-state index contributed by atoms with van der Waals surface area (Å²) in [5, 5.41) is 5.81. The normalized spacial score (nSPS) is 14.2. The van der Waals surface area contributed by atoms with Gasteiger partial charge < -0.3 is 20.4 Å². The van der Waals surface area contributed by atoms with Crippen molar-refractivity contribution in [2.45, 2.75) is 52.2 Å². The molecule has 1 saturated heterocycles. The molecule has 0 unspecified atom stereocenters. The lowest BCUT2D eigenvalue weighted by molar-refractivity contribution is -0.141. The zero-order valence-corrected chi connectivity index (χ0v) is 23.3. The third-order valence-corrected chi connectivity index (χ3v) is 7.56. The average molecular weight is 541 g/mol. The number of hydrogen-bond acceptors (Lipinski definition) is 4. The number of anilines is 1. The van der Waals surface area contributed by atoms with Crippen molar-refractivity contribution >= 4 is 29.3 Å². The molecule has 4 rings (SSSR count). The Morgan fingerprint density at radius 1 is 0.850 bits per heavy atom. The number of carbonyl (C=O) groups is 4. The lowest BCUT2D eigenvalue weighted by Gasteiger charge is -2.47. The molecule has 0 aromatic heterocycles. The third-order valence-electron chi connectivity index (χ3n) is 7.56. The first kappa shape index (κ1) is 28.5. The average Bonchev–Trinajstić information content (AvgIpc) is 2.96. The van der Waals surface area contributed by atoms with Crippen molar-refractivity contribution in [2.75, 3.05) is 18.4 Å². The molecule has 2 N–H and O–H groups in total. The highest BCUT2D eigenvalue weighted by Crippen LogP contribution is 2.33. The van der Waals surface area contributed by atoms with Crippen molar-refractivity contribution in [3.63, 3.8) is 0 Å². The van der Waals surface area contributed by atoms with E-state index in [-0.39, 0.29) is 30.2 Å². The molecular formula is C32H36N4O4. The lowest BCUT2D eigenvalue weighted by Crippen LogP contribution is -2.64. The van der Waals surface area contributed by atoms with Crippen LogP contribution >= 0.6 is 0 Å². The minimum atomic E-state index is -1.17. The standard InChI is InChI=1S/C32H36N4O4/c1-23-9-7-8-12-28(23)22-36(30(39)27-13-15-29(16-14-27)34-24(2)37)32(17-19-35(20-18-32)25(3)38)31(40)33-21-26-10-5-4-6-11-26/h4-16H,17-22H2,1-3H3,(H,33,40)(H,34,37). The van der Waals surface area contributed by atoms with Crippen molar-refractivity contribution in [3.05, 3.63) is 101 Å². The van der Waals surface area contributed by atoms with Crippen LogP contribution in [-0.4, -0.2) is 52.1 Å². The van der Waals surface area contributed by atoms with Gasteiger partial charge in [-0.15, -0.1) is 0 Å². The van der Waals surface area contributed by atoms with Crippen molar-refractivity contribution in [1.82, 2.24) is 15.1 Å². The summed E-state index contributed by atoms with van der Waals surface area (Å²) in [5.74, 6) is -0.782. The van der Waals surface area contributed by atoms with Gasteiger partial charge in [-0.2, -0.15) is 0 Å². The first-order valence-electron chi connectivity index (χ1n) is 13.5. The smallest absolute Gasteiger partial charge is 0.255 e. The van der Waals surface area contributed by atoms with Gasteiger partial charge in [-0.05, 0) is 60.7 Å². The zero-order valence-electron chi connectivity index (χ0n) is 23.3. The van der Waals surface area contributed by atoms with E-state index in [0.717, 1.165) is 16.7 Å². The molecular weight excluding hydrogens is 504 g/mol. The van der Waals surface area contributed by atoms with Crippen molar-refractivity contribution in [3.8, 4) is 0 Å². The van der Waals surface area contributed by atoms with Crippen LogP contribution < -0.4 is 10.6 Å². The molecule has 1 aliphatic rings. The fraction of sp³-hybridized carbons (Fsp3) is 0.312. The Kier molecular flexibility index (Phi) is 8.99. The van der Waals surface area contributed by atoms with Crippen LogP contribution in [0.25, 0.3) is 0 Å². The predicted molar refractivity (Wildman–Crippen MR) is 154 cm³/mol. The molecule has 8 heteroatoms. The minimum absolute atomic E-state index is 0.0522. The molecule has 1 fully saturated rings. The molecule has 208 valence electrons. The molecule has 0 radical (unpaired) electrons. The summed E-state index contributed by atoms with van der Waals surface area (Å²) in [5.41, 5.74) is 2.73. The molecule has 1 heterocycles. The maximum Gasteiger partial charge on any atom is 0.255 e. The maximum atomic E-state index is 14.3. The molecule has 3 aromatic rings. The van der Waals surface area contributed by atoms with E-state index in [1.165, 1.54) is 13.8 Å². The van der Waals surface area contributed by atoms with Crippen LogP contribution in [0.5, 0.6) is 0 Å². The van der Waals surface area contributed by atoms with Crippen molar-refractivity contribution in [2.24, 2.45) is 0 Å². The summed E-state index contributed by atoms with van der Waals surface area (Å²) in [4.78, 5) is 55.5. The number of carbonyl (C=O) groups excluding carboxylic acids is 4.